The third-order valence-corrected chi connectivity index (χ3v) is 3.46. The predicted molar refractivity (Wildman–Crippen MR) is 57.7 cm³/mol. The van der Waals surface area contributed by atoms with Crippen molar-refractivity contribution in [1.29, 1.82) is 0 Å². The predicted octanol–water partition coefficient (Wildman–Crippen LogP) is 2.40. The fraction of sp³-hybridized carbons (Fsp3) is 1.00. The maximum absolute atomic E-state index is 10.8. The summed E-state index contributed by atoms with van der Waals surface area (Å²) < 4.78 is 30.8. The van der Waals surface area contributed by atoms with Crippen LogP contribution < -0.4 is 0 Å². The number of rotatable bonds is 7. The van der Waals surface area contributed by atoms with Crippen molar-refractivity contribution in [2.45, 2.75) is 58.0 Å². The monoisotopic (exact) mass is 236 g/mol. The Morgan fingerprint density at radius 2 is 1.80 bits per heavy atom. The van der Waals surface area contributed by atoms with Crippen molar-refractivity contribution < 1.29 is 16.8 Å². The maximum Gasteiger partial charge on any atom is 0.400 e. The minimum Gasteiger partial charge on any atom is -0.245 e. The second kappa shape index (κ2) is 6.45. The first kappa shape index (κ1) is 12.9. The lowest BCUT2D eigenvalue weighted by molar-refractivity contribution is 0.218. The van der Waals surface area contributed by atoms with Crippen molar-refractivity contribution in [3.63, 3.8) is 0 Å². The van der Waals surface area contributed by atoms with Crippen LogP contribution in [-0.4, -0.2) is 21.1 Å². The van der Waals surface area contributed by atoms with Gasteiger partial charge in [-0.3, -0.25) is 0 Å². The molecule has 0 aromatic heterocycles. The number of hydrogen-bond acceptors (Lipinski definition) is 4. The zero-order valence-electron chi connectivity index (χ0n) is 9.28. The lowest BCUT2D eigenvalue weighted by atomic mass is 10.1. The van der Waals surface area contributed by atoms with Gasteiger partial charge in [-0.2, -0.15) is 8.42 Å². The molecule has 15 heavy (non-hydrogen) atoms. The van der Waals surface area contributed by atoms with E-state index in [1.165, 1.54) is 25.7 Å². The molecule has 0 spiro atoms. The van der Waals surface area contributed by atoms with Gasteiger partial charge in [0.1, 0.15) is 6.10 Å². The van der Waals surface area contributed by atoms with Gasteiger partial charge < -0.3 is 0 Å². The van der Waals surface area contributed by atoms with E-state index in [0.29, 0.717) is 0 Å². The molecule has 0 aliphatic carbocycles. The van der Waals surface area contributed by atoms with Crippen LogP contribution in [-0.2, 0) is 18.8 Å². The van der Waals surface area contributed by atoms with Gasteiger partial charge in [-0.15, -0.1) is 0 Å². The Morgan fingerprint density at radius 1 is 1.13 bits per heavy atom. The molecular formula is C10H20O4S. The second-order valence-corrected chi connectivity index (χ2v) is 5.21. The Bertz CT molecular complexity index is 261. The van der Waals surface area contributed by atoms with Crippen LogP contribution in [0, 0.1) is 0 Å². The summed E-state index contributed by atoms with van der Waals surface area (Å²) in [4.78, 5) is 0. The van der Waals surface area contributed by atoms with Crippen LogP contribution in [0.3, 0.4) is 0 Å². The molecule has 0 unspecified atom stereocenters. The summed E-state index contributed by atoms with van der Waals surface area (Å²) in [7, 11) is -3.65. The molecule has 1 aliphatic rings. The SMILES string of the molecule is CCCCCCCC[C@@H]1COS(=O)(=O)O1. The summed E-state index contributed by atoms with van der Waals surface area (Å²) in [6.45, 7) is 2.38. The fourth-order valence-corrected chi connectivity index (χ4v) is 2.52. The highest BCUT2D eigenvalue weighted by molar-refractivity contribution is 7.82. The van der Waals surface area contributed by atoms with Crippen molar-refractivity contribution in [2.75, 3.05) is 6.61 Å². The molecule has 0 saturated carbocycles. The van der Waals surface area contributed by atoms with Crippen molar-refractivity contribution in [3.05, 3.63) is 0 Å². The Labute approximate surface area is 92.3 Å². The van der Waals surface area contributed by atoms with Gasteiger partial charge in [0.25, 0.3) is 0 Å². The lowest BCUT2D eigenvalue weighted by Gasteiger charge is -2.04. The van der Waals surface area contributed by atoms with Crippen LogP contribution in [0.1, 0.15) is 51.9 Å². The average molecular weight is 236 g/mol. The van der Waals surface area contributed by atoms with Gasteiger partial charge in [-0.05, 0) is 6.42 Å². The molecule has 0 N–H and O–H groups in total. The minimum atomic E-state index is -3.65. The van der Waals surface area contributed by atoms with Crippen LogP contribution in [0.2, 0.25) is 0 Å². The molecule has 1 heterocycles. The molecule has 0 aromatic carbocycles. The van der Waals surface area contributed by atoms with Gasteiger partial charge in [0.2, 0.25) is 0 Å². The van der Waals surface area contributed by atoms with Crippen molar-refractivity contribution >= 4 is 10.4 Å². The maximum atomic E-state index is 10.8. The van der Waals surface area contributed by atoms with E-state index in [2.05, 4.69) is 11.1 Å². The third kappa shape index (κ3) is 5.49. The van der Waals surface area contributed by atoms with Crippen molar-refractivity contribution in [2.24, 2.45) is 0 Å². The van der Waals surface area contributed by atoms with Crippen LogP contribution in [0.4, 0.5) is 0 Å². The van der Waals surface area contributed by atoms with Crippen molar-refractivity contribution in [3.8, 4) is 0 Å². The quantitative estimate of drug-likeness (QED) is 0.637. The molecule has 0 amide bonds. The standard InChI is InChI=1S/C10H20O4S/c1-2-3-4-5-6-7-8-10-9-13-15(11,12)14-10/h10H,2-9H2,1H3/t10-/m1/s1. The highest BCUT2D eigenvalue weighted by Crippen LogP contribution is 2.18. The molecule has 1 fully saturated rings. The lowest BCUT2D eigenvalue weighted by Crippen LogP contribution is -2.09. The van der Waals surface area contributed by atoms with Gasteiger partial charge in [0, 0.05) is 0 Å². The Hall–Kier alpha value is -0.130. The first-order valence-electron chi connectivity index (χ1n) is 5.71. The zero-order valence-corrected chi connectivity index (χ0v) is 10.1. The second-order valence-electron chi connectivity index (χ2n) is 3.97. The highest BCUT2D eigenvalue weighted by Gasteiger charge is 2.29. The Kier molecular flexibility index (Phi) is 5.56. The zero-order chi connectivity index (χ0) is 11.1. The van der Waals surface area contributed by atoms with E-state index in [0.717, 1.165) is 19.3 Å². The first-order chi connectivity index (χ1) is 7.14. The van der Waals surface area contributed by atoms with E-state index >= 15 is 0 Å². The van der Waals surface area contributed by atoms with E-state index in [4.69, 9.17) is 4.18 Å². The topological polar surface area (TPSA) is 52.6 Å². The smallest absolute Gasteiger partial charge is 0.245 e. The summed E-state index contributed by atoms with van der Waals surface area (Å²) in [5.74, 6) is 0. The number of unbranched alkanes of at least 4 members (excludes halogenated alkanes) is 5. The summed E-state index contributed by atoms with van der Waals surface area (Å²) in [6.07, 6.45) is 7.75. The largest absolute Gasteiger partial charge is 0.400 e. The molecule has 0 bridgehead atoms. The van der Waals surface area contributed by atoms with E-state index in [-0.39, 0.29) is 12.7 Å². The van der Waals surface area contributed by atoms with E-state index in [1.807, 2.05) is 0 Å². The van der Waals surface area contributed by atoms with Crippen LogP contribution in [0.15, 0.2) is 0 Å². The molecule has 1 atom stereocenters. The fourth-order valence-electron chi connectivity index (χ4n) is 1.67. The van der Waals surface area contributed by atoms with Crippen molar-refractivity contribution in [1.82, 2.24) is 0 Å². The molecule has 5 heteroatoms. The van der Waals surface area contributed by atoms with E-state index < -0.39 is 10.4 Å². The van der Waals surface area contributed by atoms with Gasteiger partial charge in [0.05, 0.1) is 6.61 Å². The Balaban J connectivity index is 1.97. The van der Waals surface area contributed by atoms with E-state index in [9.17, 15) is 8.42 Å². The molecule has 90 valence electrons. The van der Waals surface area contributed by atoms with Crippen LogP contribution >= 0.6 is 0 Å². The molecule has 4 nitrogen and oxygen atoms in total. The third-order valence-electron chi connectivity index (χ3n) is 2.53. The first-order valence-corrected chi connectivity index (χ1v) is 7.05. The minimum absolute atomic E-state index is 0.192. The summed E-state index contributed by atoms with van der Waals surface area (Å²) in [5.41, 5.74) is 0. The molecule has 1 aliphatic heterocycles. The molecule has 1 rings (SSSR count). The summed E-state index contributed by atoms with van der Waals surface area (Å²) in [5, 5.41) is 0. The normalized spacial score (nSPS) is 24.5. The average Bonchev–Trinajstić information content (AvgIpc) is 2.52. The van der Waals surface area contributed by atoms with Gasteiger partial charge in [-0.1, -0.05) is 45.4 Å². The highest BCUT2D eigenvalue weighted by atomic mass is 32.3. The van der Waals surface area contributed by atoms with E-state index in [1.54, 1.807) is 0 Å². The molecule has 0 radical (unpaired) electrons. The van der Waals surface area contributed by atoms with Gasteiger partial charge in [-0.25, -0.2) is 8.37 Å². The van der Waals surface area contributed by atoms with Gasteiger partial charge >= 0.3 is 10.4 Å². The summed E-state index contributed by atoms with van der Waals surface area (Å²) >= 11 is 0. The van der Waals surface area contributed by atoms with Crippen LogP contribution in [0.5, 0.6) is 0 Å². The van der Waals surface area contributed by atoms with Crippen LogP contribution in [0.25, 0.3) is 0 Å². The number of hydrogen-bond donors (Lipinski definition) is 0. The van der Waals surface area contributed by atoms with Gasteiger partial charge in [0.15, 0.2) is 0 Å². The molecule has 1 saturated heterocycles. The summed E-state index contributed by atoms with van der Waals surface area (Å²) in [6, 6.07) is 0. The molecule has 0 aromatic rings. The Morgan fingerprint density at radius 3 is 2.40 bits per heavy atom. The molecular weight excluding hydrogens is 216 g/mol.